The van der Waals surface area contributed by atoms with Crippen molar-refractivity contribution in [2.45, 2.75) is 65.6 Å². The topological polar surface area (TPSA) is 44.8 Å². The number of carbonyl (C=O) groups excluding carboxylic acids is 1. The lowest BCUT2D eigenvalue weighted by Crippen LogP contribution is -2.38. The molecule has 2 rings (SSSR count). The van der Waals surface area contributed by atoms with Crippen LogP contribution in [0.4, 0.5) is 0 Å². The molecule has 1 saturated heterocycles. The molecule has 1 aliphatic heterocycles. The highest BCUT2D eigenvalue weighted by molar-refractivity contribution is 5.69. The zero-order valence-corrected chi connectivity index (χ0v) is 14.6. The van der Waals surface area contributed by atoms with Crippen LogP contribution in [0.15, 0.2) is 0 Å². The van der Waals surface area contributed by atoms with Crippen LogP contribution in [-0.4, -0.2) is 31.6 Å². The molecule has 4 nitrogen and oxygen atoms in total. The van der Waals surface area contributed by atoms with E-state index < -0.39 is 5.79 Å². The van der Waals surface area contributed by atoms with Gasteiger partial charge in [0.1, 0.15) is 0 Å². The van der Waals surface area contributed by atoms with Crippen LogP contribution in [0.5, 0.6) is 0 Å². The van der Waals surface area contributed by atoms with Gasteiger partial charge in [-0.3, -0.25) is 4.79 Å². The van der Waals surface area contributed by atoms with Crippen LogP contribution in [0.1, 0.15) is 59.8 Å². The van der Waals surface area contributed by atoms with Crippen LogP contribution < -0.4 is 0 Å². The second kappa shape index (κ2) is 7.78. The Morgan fingerprint density at radius 1 is 1.18 bits per heavy atom. The summed E-state index contributed by atoms with van der Waals surface area (Å²) in [4.78, 5) is 11.8. The Hall–Kier alpha value is -0.610. The molecule has 1 saturated carbocycles. The van der Waals surface area contributed by atoms with Crippen LogP contribution >= 0.6 is 0 Å². The van der Waals surface area contributed by atoms with E-state index in [0.717, 1.165) is 25.7 Å². The van der Waals surface area contributed by atoms with Crippen molar-refractivity contribution in [2.75, 3.05) is 19.8 Å². The van der Waals surface area contributed by atoms with E-state index in [9.17, 15) is 4.79 Å². The number of rotatable bonds is 7. The minimum atomic E-state index is -0.399. The van der Waals surface area contributed by atoms with E-state index >= 15 is 0 Å². The van der Waals surface area contributed by atoms with Gasteiger partial charge in [-0.1, -0.05) is 34.1 Å². The van der Waals surface area contributed by atoms with E-state index in [0.29, 0.717) is 49.9 Å². The molecule has 2 fully saturated rings. The van der Waals surface area contributed by atoms with Gasteiger partial charge in [-0.05, 0) is 24.7 Å². The molecule has 22 heavy (non-hydrogen) atoms. The lowest BCUT2D eigenvalue weighted by molar-refractivity contribution is -0.191. The SMILES string of the molecule is CC(C)CCC1C(COC(=O)CC(C)C)CCC12OCCO2. The van der Waals surface area contributed by atoms with Crippen molar-refractivity contribution < 1.29 is 19.0 Å². The second-order valence-electron chi connectivity index (χ2n) is 7.67. The summed E-state index contributed by atoms with van der Waals surface area (Å²) in [6.07, 6.45) is 4.71. The summed E-state index contributed by atoms with van der Waals surface area (Å²) in [5.41, 5.74) is 0. The Morgan fingerprint density at radius 2 is 1.86 bits per heavy atom. The molecule has 0 bridgehead atoms. The predicted octanol–water partition coefficient (Wildman–Crippen LogP) is 3.78. The van der Waals surface area contributed by atoms with Gasteiger partial charge in [0, 0.05) is 24.7 Å². The molecular weight excluding hydrogens is 280 g/mol. The monoisotopic (exact) mass is 312 g/mol. The number of carbonyl (C=O) groups is 1. The van der Waals surface area contributed by atoms with Gasteiger partial charge in [0.2, 0.25) is 0 Å². The van der Waals surface area contributed by atoms with Gasteiger partial charge >= 0.3 is 5.97 Å². The Kier molecular flexibility index (Phi) is 6.27. The fourth-order valence-corrected chi connectivity index (χ4v) is 3.72. The van der Waals surface area contributed by atoms with Crippen LogP contribution in [0.2, 0.25) is 0 Å². The number of esters is 1. The Labute approximate surface area is 134 Å². The van der Waals surface area contributed by atoms with Gasteiger partial charge in [0.15, 0.2) is 5.79 Å². The standard InChI is InChI=1S/C18H32O4/c1-13(2)5-6-16-15(12-20-17(19)11-14(3)4)7-8-18(16)21-9-10-22-18/h13-16H,5-12H2,1-4H3. The third kappa shape index (κ3) is 4.45. The molecular formula is C18H32O4. The van der Waals surface area contributed by atoms with Crippen molar-refractivity contribution in [3.63, 3.8) is 0 Å². The molecule has 1 aliphatic carbocycles. The molecule has 4 heteroatoms. The molecule has 128 valence electrons. The molecule has 0 aromatic carbocycles. The molecule has 2 unspecified atom stereocenters. The van der Waals surface area contributed by atoms with Crippen molar-refractivity contribution in [1.29, 1.82) is 0 Å². The smallest absolute Gasteiger partial charge is 0.306 e. The summed E-state index contributed by atoms with van der Waals surface area (Å²) in [6.45, 7) is 10.5. The Balaban J connectivity index is 1.92. The van der Waals surface area contributed by atoms with Gasteiger partial charge in [-0.15, -0.1) is 0 Å². The summed E-state index contributed by atoms with van der Waals surface area (Å²) < 4.78 is 17.5. The molecule has 0 N–H and O–H groups in total. The van der Waals surface area contributed by atoms with Gasteiger partial charge in [0.25, 0.3) is 0 Å². The third-order valence-electron chi connectivity index (χ3n) is 4.86. The molecule has 1 spiro atoms. The van der Waals surface area contributed by atoms with Crippen LogP contribution in [0.3, 0.4) is 0 Å². The molecule has 2 aliphatic rings. The van der Waals surface area contributed by atoms with Crippen LogP contribution in [-0.2, 0) is 19.0 Å². The average molecular weight is 312 g/mol. The maximum absolute atomic E-state index is 11.8. The Bertz CT molecular complexity index is 358. The molecule has 0 radical (unpaired) electrons. The summed E-state index contributed by atoms with van der Waals surface area (Å²) >= 11 is 0. The van der Waals surface area contributed by atoms with Gasteiger partial charge < -0.3 is 14.2 Å². The summed E-state index contributed by atoms with van der Waals surface area (Å²) in [6, 6.07) is 0. The highest BCUT2D eigenvalue weighted by Crippen LogP contribution is 2.48. The van der Waals surface area contributed by atoms with E-state index in [1.165, 1.54) is 0 Å². The Morgan fingerprint density at radius 3 is 2.45 bits per heavy atom. The van der Waals surface area contributed by atoms with E-state index in [2.05, 4.69) is 13.8 Å². The van der Waals surface area contributed by atoms with Crippen LogP contribution in [0.25, 0.3) is 0 Å². The first kappa shape index (κ1) is 17.7. The minimum Gasteiger partial charge on any atom is -0.465 e. The maximum Gasteiger partial charge on any atom is 0.306 e. The molecule has 1 heterocycles. The molecule has 0 aromatic rings. The first-order valence-electron chi connectivity index (χ1n) is 8.86. The lowest BCUT2D eigenvalue weighted by atomic mass is 9.86. The first-order valence-corrected chi connectivity index (χ1v) is 8.86. The fourth-order valence-electron chi connectivity index (χ4n) is 3.72. The van der Waals surface area contributed by atoms with E-state index in [4.69, 9.17) is 14.2 Å². The zero-order valence-electron chi connectivity index (χ0n) is 14.6. The van der Waals surface area contributed by atoms with E-state index in [1.54, 1.807) is 0 Å². The first-order chi connectivity index (χ1) is 10.4. The number of hydrogen-bond acceptors (Lipinski definition) is 4. The van der Waals surface area contributed by atoms with Gasteiger partial charge in [-0.2, -0.15) is 0 Å². The highest BCUT2D eigenvalue weighted by Gasteiger charge is 2.52. The van der Waals surface area contributed by atoms with Crippen molar-refractivity contribution in [3.8, 4) is 0 Å². The lowest BCUT2D eigenvalue weighted by Gasteiger charge is -2.32. The van der Waals surface area contributed by atoms with Crippen molar-refractivity contribution in [1.82, 2.24) is 0 Å². The predicted molar refractivity (Wildman–Crippen MR) is 85.3 cm³/mol. The normalized spacial score (nSPS) is 27.2. The van der Waals surface area contributed by atoms with Crippen molar-refractivity contribution in [3.05, 3.63) is 0 Å². The zero-order chi connectivity index (χ0) is 16.2. The quantitative estimate of drug-likeness (QED) is 0.671. The van der Waals surface area contributed by atoms with E-state index in [-0.39, 0.29) is 5.97 Å². The molecule has 2 atom stereocenters. The molecule has 0 aromatic heterocycles. The number of hydrogen-bond donors (Lipinski definition) is 0. The fraction of sp³-hybridized carbons (Fsp3) is 0.944. The van der Waals surface area contributed by atoms with Gasteiger partial charge in [-0.25, -0.2) is 0 Å². The molecule has 0 amide bonds. The summed E-state index contributed by atoms with van der Waals surface area (Å²) in [5.74, 6) is 1.26. The van der Waals surface area contributed by atoms with Gasteiger partial charge in [0.05, 0.1) is 19.8 Å². The highest BCUT2D eigenvalue weighted by atomic mass is 16.7. The van der Waals surface area contributed by atoms with Crippen molar-refractivity contribution >= 4 is 5.97 Å². The van der Waals surface area contributed by atoms with E-state index in [1.807, 2.05) is 13.8 Å². The summed E-state index contributed by atoms with van der Waals surface area (Å²) in [7, 11) is 0. The van der Waals surface area contributed by atoms with Crippen molar-refractivity contribution in [2.24, 2.45) is 23.7 Å². The second-order valence-corrected chi connectivity index (χ2v) is 7.67. The third-order valence-corrected chi connectivity index (χ3v) is 4.86. The number of ether oxygens (including phenoxy) is 3. The largest absolute Gasteiger partial charge is 0.465 e. The minimum absolute atomic E-state index is 0.0770. The summed E-state index contributed by atoms with van der Waals surface area (Å²) in [5, 5.41) is 0. The maximum atomic E-state index is 11.8. The van der Waals surface area contributed by atoms with Crippen LogP contribution in [0, 0.1) is 23.7 Å². The average Bonchev–Trinajstić information content (AvgIpc) is 3.02.